The van der Waals surface area contributed by atoms with Gasteiger partial charge in [-0.05, 0) is 29.2 Å². The highest BCUT2D eigenvalue weighted by molar-refractivity contribution is 5.85. The number of rotatable bonds is 7. The summed E-state index contributed by atoms with van der Waals surface area (Å²) in [7, 11) is 1.51. The molecule has 2 N–H and O–H groups in total. The van der Waals surface area contributed by atoms with Crippen molar-refractivity contribution in [1.82, 2.24) is 10.2 Å². The minimum absolute atomic E-state index is 0.0604. The van der Waals surface area contributed by atoms with Gasteiger partial charge >= 0.3 is 12.1 Å². The fourth-order valence-corrected chi connectivity index (χ4v) is 3.79. The molecule has 1 unspecified atom stereocenters. The van der Waals surface area contributed by atoms with E-state index in [0.29, 0.717) is 0 Å². The molecule has 0 saturated heterocycles. The largest absolute Gasteiger partial charge is 0.481 e. The van der Waals surface area contributed by atoms with Crippen molar-refractivity contribution in [1.29, 1.82) is 0 Å². The molecule has 0 aromatic heterocycles. The van der Waals surface area contributed by atoms with Gasteiger partial charge < -0.3 is 20.1 Å². The van der Waals surface area contributed by atoms with E-state index in [1.54, 1.807) is 6.92 Å². The van der Waals surface area contributed by atoms with E-state index in [9.17, 15) is 14.4 Å². The van der Waals surface area contributed by atoms with Crippen molar-refractivity contribution >= 4 is 18.0 Å². The monoisotopic (exact) mass is 410 g/mol. The molecule has 0 saturated carbocycles. The van der Waals surface area contributed by atoms with Crippen molar-refractivity contribution in [3.63, 3.8) is 0 Å². The van der Waals surface area contributed by atoms with Gasteiger partial charge in [-0.1, -0.05) is 55.5 Å². The third-order valence-corrected chi connectivity index (χ3v) is 5.39. The van der Waals surface area contributed by atoms with Crippen LogP contribution in [-0.2, 0) is 14.3 Å². The Morgan fingerprint density at radius 3 is 2.10 bits per heavy atom. The van der Waals surface area contributed by atoms with Gasteiger partial charge in [0.2, 0.25) is 5.91 Å². The highest BCUT2D eigenvalue weighted by atomic mass is 16.5. The van der Waals surface area contributed by atoms with E-state index in [0.717, 1.165) is 22.3 Å². The van der Waals surface area contributed by atoms with Crippen LogP contribution in [0.1, 0.15) is 30.9 Å². The maximum Gasteiger partial charge on any atom is 0.407 e. The van der Waals surface area contributed by atoms with Crippen LogP contribution in [0.5, 0.6) is 0 Å². The van der Waals surface area contributed by atoms with Crippen molar-refractivity contribution < 1.29 is 24.2 Å². The molecule has 0 spiro atoms. The predicted octanol–water partition coefficient (Wildman–Crippen LogP) is 3.09. The molecule has 0 fully saturated rings. The number of alkyl carbamates (subject to hydrolysis) is 1. The van der Waals surface area contributed by atoms with Crippen LogP contribution in [0.4, 0.5) is 4.79 Å². The molecule has 0 radical (unpaired) electrons. The number of amides is 2. The lowest BCUT2D eigenvalue weighted by atomic mass is 9.98. The number of aliphatic carboxylic acids is 1. The van der Waals surface area contributed by atoms with Crippen molar-refractivity contribution in [2.75, 3.05) is 20.2 Å². The fourth-order valence-electron chi connectivity index (χ4n) is 3.79. The van der Waals surface area contributed by atoms with E-state index in [1.165, 1.54) is 18.9 Å². The van der Waals surface area contributed by atoms with Crippen LogP contribution in [0.3, 0.4) is 0 Å². The third kappa shape index (κ3) is 4.45. The van der Waals surface area contributed by atoms with Crippen LogP contribution in [0, 0.1) is 5.92 Å². The Bertz CT molecular complexity index is 913. The first-order valence-corrected chi connectivity index (χ1v) is 9.89. The van der Waals surface area contributed by atoms with Gasteiger partial charge in [0.1, 0.15) is 12.6 Å². The number of hydrogen-bond acceptors (Lipinski definition) is 4. The number of hydrogen-bond donors (Lipinski definition) is 2. The summed E-state index contributed by atoms with van der Waals surface area (Å²) in [6.07, 6.45) is -0.683. The molecule has 0 heterocycles. The molecule has 1 aliphatic carbocycles. The number of carboxylic acid groups (broad SMARTS) is 1. The standard InChI is InChI=1S/C23H26N2O5/c1-14(22(27)28)12-25(3)21(26)15(2)24-23(29)30-13-20-18-10-6-4-8-16(18)17-9-5-7-11-19(17)20/h4-11,14-15,20H,12-13H2,1-3H3,(H,24,29)(H,27,28)/t14?,15-/m1/s1. The molecule has 3 rings (SSSR count). The zero-order chi connectivity index (χ0) is 21.8. The average Bonchev–Trinajstić information content (AvgIpc) is 3.05. The Labute approximate surface area is 175 Å². The lowest BCUT2D eigenvalue weighted by molar-refractivity contribution is -0.143. The molecule has 0 bridgehead atoms. The first-order chi connectivity index (χ1) is 14.3. The summed E-state index contributed by atoms with van der Waals surface area (Å²) >= 11 is 0. The van der Waals surface area contributed by atoms with Gasteiger partial charge in [-0.2, -0.15) is 0 Å². The normalized spacial score (nSPS) is 14.2. The fraction of sp³-hybridized carbons (Fsp3) is 0.348. The number of carbonyl (C=O) groups is 3. The van der Waals surface area contributed by atoms with Crippen LogP contribution in [0.25, 0.3) is 11.1 Å². The SMILES string of the molecule is CC(CN(C)C(=O)[C@@H](C)NC(=O)OCC1c2ccccc2-c2ccccc21)C(=O)O. The Balaban J connectivity index is 1.58. The van der Waals surface area contributed by atoms with Gasteiger partial charge in [0, 0.05) is 19.5 Å². The van der Waals surface area contributed by atoms with Crippen LogP contribution >= 0.6 is 0 Å². The molecule has 2 aromatic carbocycles. The Kier molecular flexibility index (Phi) is 6.40. The van der Waals surface area contributed by atoms with Crippen molar-refractivity contribution in [3.05, 3.63) is 59.7 Å². The number of nitrogens with zero attached hydrogens (tertiary/aromatic N) is 1. The van der Waals surface area contributed by atoms with E-state index in [2.05, 4.69) is 17.4 Å². The van der Waals surface area contributed by atoms with E-state index >= 15 is 0 Å². The first kappa shape index (κ1) is 21.4. The topological polar surface area (TPSA) is 95.9 Å². The quantitative estimate of drug-likeness (QED) is 0.731. The van der Waals surface area contributed by atoms with Crippen LogP contribution < -0.4 is 5.32 Å². The lowest BCUT2D eigenvalue weighted by Gasteiger charge is -2.23. The number of likely N-dealkylation sites (N-methyl/N-ethyl adjacent to an activating group) is 1. The van der Waals surface area contributed by atoms with Gasteiger partial charge in [-0.25, -0.2) is 4.79 Å². The van der Waals surface area contributed by atoms with Gasteiger partial charge in [0.05, 0.1) is 5.92 Å². The Hall–Kier alpha value is -3.35. The molecule has 1 aliphatic rings. The van der Waals surface area contributed by atoms with E-state index in [4.69, 9.17) is 9.84 Å². The summed E-state index contributed by atoms with van der Waals surface area (Å²) in [5.74, 6) is -2.11. The summed E-state index contributed by atoms with van der Waals surface area (Å²) in [6, 6.07) is 15.3. The van der Waals surface area contributed by atoms with Gasteiger partial charge in [0.25, 0.3) is 0 Å². The number of carbonyl (C=O) groups excluding carboxylic acids is 2. The highest BCUT2D eigenvalue weighted by Gasteiger charge is 2.29. The second kappa shape index (κ2) is 8.98. The minimum Gasteiger partial charge on any atom is -0.481 e. The molecular formula is C23H26N2O5. The number of fused-ring (bicyclic) bond motifs is 3. The molecule has 2 amide bonds. The predicted molar refractivity (Wildman–Crippen MR) is 112 cm³/mol. The number of carboxylic acids is 1. The van der Waals surface area contributed by atoms with Gasteiger partial charge in [-0.15, -0.1) is 0 Å². The lowest BCUT2D eigenvalue weighted by Crippen LogP contribution is -2.47. The van der Waals surface area contributed by atoms with Crippen molar-refractivity contribution in [3.8, 4) is 11.1 Å². The van der Waals surface area contributed by atoms with E-state index in [-0.39, 0.29) is 25.0 Å². The van der Waals surface area contributed by atoms with Gasteiger partial charge in [-0.3, -0.25) is 9.59 Å². The summed E-state index contributed by atoms with van der Waals surface area (Å²) in [6.45, 7) is 3.29. The van der Waals surface area contributed by atoms with E-state index < -0.39 is 24.0 Å². The number of nitrogens with one attached hydrogen (secondary N) is 1. The molecule has 158 valence electrons. The number of ether oxygens (including phenoxy) is 1. The average molecular weight is 410 g/mol. The van der Waals surface area contributed by atoms with Crippen LogP contribution in [0.15, 0.2) is 48.5 Å². The molecule has 7 nitrogen and oxygen atoms in total. The molecular weight excluding hydrogens is 384 g/mol. The second-order valence-corrected chi connectivity index (χ2v) is 7.65. The van der Waals surface area contributed by atoms with Crippen molar-refractivity contribution in [2.24, 2.45) is 5.92 Å². The molecule has 2 atom stereocenters. The zero-order valence-electron chi connectivity index (χ0n) is 17.3. The van der Waals surface area contributed by atoms with Crippen LogP contribution in [0.2, 0.25) is 0 Å². The molecule has 2 aromatic rings. The zero-order valence-corrected chi connectivity index (χ0v) is 17.3. The Morgan fingerprint density at radius 1 is 1.03 bits per heavy atom. The maximum atomic E-state index is 12.4. The minimum atomic E-state index is -0.980. The smallest absolute Gasteiger partial charge is 0.407 e. The van der Waals surface area contributed by atoms with Crippen molar-refractivity contribution in [2.45, 2.75) is 25.8 Å². The Morgan fingerprint density at radius 2 is 1.57 bits per heavy atom. The summed E-state index contributed by atoms with van der Waals surface area (Å²) in [5, 5.41) is 11.5. The summed E-state index contributed by atoms with van der Waals surface area (Å²) in [5.41, 5.74) is 4.50. The highest BCUT2D eigenvalue weighted by Crippen LogP contribution is 2.44. The second-order valence-electron chi connectivity index (χ2n) is 7.65. The first-order valence-electron chi connectivity index (χ1n) is 9.89. The molecule has 0 aliphatic heterocycles. The van der Waals surface area contributed by atoms with Crippen LogP contribution in [-0.4, -0.2) is 54.2 Å². The molecule has 7 heteroatoms. The van der Waals surface area contributed by atoms with E-state index in [1.807, 2.05) is 36.4 Å². The molecule has 30 heavy (non-hydrogen) atoms. The maximum absolute atomic E-state index is 12.4. The number of benzene rings is 2. The summed E-state index contributed by atoms with van der Waals surface area (Å²) < 4.78 is 5.44. The van der Waals surface area contributed by atoms with Gasteiger partial charge in [0.15, 0.2) is 0 Å². The third-order valence-electron chi connectivity index (χ3n) is 5.39. The summed E-state index contributed by atoms with van der Waals surface area (Å²) in [4.78, 5) is 36.9.